The van der Waals surface area contributed by atoms with Crippen molar-refractivity contribution in [3.63, 3.8) is 0 Å². The topological polar surface area (TPSA) is 86.6 Å². The van der Waals surface area contributed by atoms with E-state index in [1.165, 1.54) is 25.7 Å². The zero-order valence-electron chi connectivity index (χ0n) is 14.3. The predicted molar refractivity (Wildman–Crippen MR) is 95.9 cm³/mol. The summed E-state index contributed by atoms with van der Waals surface area (Å²) < 4.78 is 0. The second-order valence-corrected chi connectivity index (χ2v) is 6.44. The highest BCUT2D eigenvalue weighted by Gasteiger charge is 2.17. The van der Waals surface area contributed by atoms with Crippen LogP contribution in [0.5, 0.6) is 0 Å². The van der Waals surface area contributed by atoms with E-state index >= 15 is 0 Å². The summed E-state index contributed by atoms with van der Waals surface area (Å²) in [4.78, 5) is 22.3. The quantitative estimate of drug-likeness (QED) is 0.271. The van der Waals surface area contributed by atoms with Gasteiger partial charge in [-0.05, 0) is 19.3 Å². The van der Waals surface area contributed by atoms with Gasteiger partial charge in [0.05, 0.1) is 6.10 Å². The molecule has 0 spiro atoms. The molecule has 0 aliphatic rings. The summed E-state index contributed by atoms with van der Waals surface area (Å²) in [6, 6.07) is -0.892. The van der Waals surface area contributed by atoms with Crippen LogP contribution in [0.1, 0.15) is 77.6 Å². The second kappa shape index (κ2) is 14.8. The molecule has 2 atom stereocenters. The van der Waals surface area contributed by atoms with Gasteiger partial charge in [0.1, 0.15) is 6.04 Å². The lowest BCUT2D eigenvalue weighted by Gasteiger charge is -2.11. The highest BCUT2D eigenvalue weighted by atomic mass is 32.1. The van der Waals surface area contributed by atoms with Crippen LogP contribution in [0.15, 0.2) is 0 Å². The number of hydrogen-bond acceptors (Lipinski definition) is 4. The summed E-state index contributed by atoms with van der Waals surface area (Å²) >= 11 is 3.91. The smallest absolute Gasteiger partial charge is 0.327 e. The zero-order chi connectivity index (χ0) is 17.5. The first-order chi connectivity index (χ1) is 11.0. The molecule has 23 heavy (non-hydrogen) atoms. The third kappa shape index (κ3) is 13.4. The molecule has 0 aliphatic heterocycles. The van der Waals surface area contributed by atoms with Crippen LogP contribution < -0.4 is 5.32 Å². The monoisotopic (exact) mass is 347 g/mol. The molecule has 3 N–H and O–H groups in total. The predicted octanol–water partition coefficient (Wildman–Crippen LogP) is 3.16. The molecule has 0 aromatic rings. The van der Waals surface area contributed by atoms with E-state index in [-0.39, 0.29) is 17.8 Å². The number of aliphatic carboxylic acids is 1. The van der Waals surface area contributed by atoms with Gasteiger partial charge in [-0.25, -0.2) is 4.79 Å². The number of carbonyl (C=O) groups excluding carboxylic acids is 1. The third-order valence-corrected chi connectivity index (χ3v) is 4.34. The van der Waals surface area contributed by atoms with Gasteiger partial charge in [0.15, 0.2) is 0 Å². The fourth-order valence-electron chi connectivity index (χ4n) is 2.38. The van der Waals surface area contributed by atoms with Crippen molar-refractivity contribution in [3.05, 3.63) is 0 Å². The van der Waals surface area contributed by atoms with Gasteiger partial charge in [-0.3, -0.25) is 4.79 Å². The Balaban J connectivity index is 3.39. The van der Waals surface area contributed by atoms with Crippen LogP contribution in [0.2, 0.25) is 0 Å². The number of hydrogen-bond donors (Lipinski definition) is 4. The summed E-state index contributed by atoms with van der Waals surface area (Å²) in [5, 5.41) is 20.7. The van der Waals surface area contributed by atoms with E-state index in [0.717, 1.165) is 38.5 Å². The normalized spacial score (nSPS) is 13.5. The largest absolute Gasteiger partial charge is 0.480 e. The summed E-state index contributed by atoms with van der Waals surface area (Å²) in [6.45, 7) is 2.01. The van der Waals surface area contributed by atoms with Crippen molar-refractivity contribution in [1.82, 2.24) is 5.32 Å². The van der Waals surface area contributed by atoms with E-state index in [4.69, 9.17) is 5.11 Å². The standard InChI is InChI=1S/C17H33NO4S/c1-2-14(19)11-9-7-5-3-4-6-8-10-12-16(20)18-15(13-23)17(21)22/h14-15,19,23H,2-13H2,1H3,(H,18,20)(H,21,22)/t14-,15+/m1/s1. The number of unbranched alkanes of at least 4 members (excludes halogenated alkanes) is 7. The number of carboxylic acid groups (broad SMARTS) is 1. The molecule has 6 heteroatoms. The van der Waals surface area contributed by atoms with Gasteiger partial charge in [0.2, 0.25) is 5.91 Å². The molecule has 1 amide bonds. The first kappa shape index (κ1) is 22.2. The van der Waals surface area contributed by atoms with Gasteiger partial charge >= 0.3 is 5.97 Å². The Morgan fingerprint density at radius 3 is 2.00 bits per heavy atom. The van der Waals surface area contributed by atoms with Crippen LogP contribution in [0.3, 0.4) is 0 Å². The Hall–Kier alpha value is -0.750. The molecule has 0 bridgehead atoms. The van der Waals surface area contributed by atoms with Crippen LogP contribution >= 0.6 is 12.6 Å². The molecule has 0 unspecified atom stereocenters. The molecule has 0 fully saturated rings. The second-order valence-electron chi connectivity index (χ2n) is 6.07. The third-order valence-electron chi connectivity index (χ3n) is 3.98. The molecule has 0 aromatic heterocycles. The maximum Gasteiger partial charge on any atom is 0.327 e. The number of rotatable bonds is 15. The van der Waals surface area contributed by atoms with Crippen molar-refractivity contribution in [2.24, 2.45) is 0 Å². The molecular weight excluding hydrogens is 314 g/mol. The first-order valence-corrected chi connectivity index (χ1v) is 9.45. The Morgan fingerprint density at radius 1 is 1.00 bits per heavy atom. The molecule has 0 rings (SSSR count). The molecule has 0 aliphatic carbocycles. The van der Waals surface area contributed by atoms with Gasteiger partial charge < -0.3 is 15.5 Å². The average Bonchev–Trinajstić information content (AvgIpc) is 2.53. The van der Waals surface area contributed by atoms with Crippen LogP contribution in [-0.2, 0) is 9.59 Å². The summed E-state index contributed by atoms with van der Waals surface area (Å²) in [6.07, 6.45) is 10.8. The number of aliphatic hydroxyl groups excluding tert-OH is 1. The van der Waals surface area contributed by atoms with Crippen molar-refractivity contribution in [2.45, 2.75) is 89.7 Å². The van der Waals surface area contributed by atoms with Crippen molar-refractivity contribution >= 4 is 24.5 Å². The first-order valence-electron chi connectivity index (χ1n) is 8.82. The summed E-state index contributed by atoms with van der Waals surface area (Å²) in [5.41, 5.74) is 0. The maximum absolute atomic E-state index is 11.6. The Kier molecular flexibility index (Phi) is 14.3. The van der Waals surface area contributed by atoms with Crippen molar-refractivity contribution in [1.29, 1.82) is 0 Å². The number of carboxylic acids is 1. The van der Waals surface area contributed by atoms with Crippen LogP contribution in [-0.4, -0.2) is 40.0 Å². The minimum absolute atomic E-state index is 0.107. The van der Waals surface area contributed by atoms with Crippen molar-refractivity contribution in [3.8, 4) is 0 Å². The molecule has 0 aromatic carbocycles. The van der Waals surface area contributed by atoms with E-state index in [2.05, 4.69) is 17.9 Å². The SMILES string of the molecule is CC[C@@H](O)CCCCCCCCCCC(=O)N[C@@H](CS)C(=O)O. The van der Waals surface area contributed by atoms with E-state index in [1.807, 2.05) is 6.92 Å². The zero-order valence-corrected chi connectivity index (χ0v) is 15.2. The molecule has 5 nitrogen and oxygen atoms in total. The molecule has 136 valence electrons. The van der Waals surface area contributed by atoms with Crippen molar-refractivity contribution in [2.75, 3.05) is 5.75 Å². The van der Waals surface area contributed by atoms with Crippen LogP contribution in [0.25, 0.3) is 0 Å². The van der Waals surface area contributed by atoms with E-state index in [1.54, 1.807) is 0 Å². The molecular formula is C17H33NO4S. The number of nitrogens with one attached hydrogen (secondary N) is 1. The number of carbonyl (C=O) groups is 2. The van der Waals surface area contributed by atoms with Gasteiger partial charge in [0.25, 0.3) is 0 Å². The number of thiol groups is 1. The van der Waals surface area contributed by atoms with Crippen LogP contribution in [0.4, 0.5) is 0 Å². The lowest BCUT2D eigenvalue weighted by molar-refractivity contribution is -0.141. The summed E-state index contributed by atoms with van der Waals surface area (Å²) in [7, 11) is 0. The molecule has 0 saturated carbocycles. The highest BCUT2D eigenvalue weighted by Crippen LogP contribution is 2.12. The fraction of sp³-hybridized carbons (Fsp3) is 0.882. The van der Waals surface area contributed by atoms with Gasteiger partial charge in [-0.1, -0.05) is 51.9 Å². The van der Waals surface area contributed by atoms with Crippen LogP contribution in [0, 0.1) is 0 Å². The molecule has 0 saturated heterocycles. The van der Waals surface area contributed by atoms with E-state index in [0.29, 0.717) is 6.42 Å². The highest BCUT2D eigenvalue weighted by molar-refractivity contribution is 7.80. The van der Waals surface area contributed by atoms with Gasteiger partial charge in [0, 0.05) is 12.2 Å². The number of aliphatic hydroxyl groups is 1. The molecule has 0 radical (unpaired) electrons. The van der Waals surface area contributed by atoms with E-state index < -0.39 is 12.0 Å². The minimum atomic E-state index is -1.04. The Bertz CT molecular complexity index is 326. The number of amides is 1. The Labute approximate surface area is 145 Å². The fourth-order valence-corrected chi connectivity index (χ4v) is 2.63. The van der Waals surface area contributed by atoms with Gasteiger partial charge in [-0.2, -0.15) is 12.6 Å². The molecule has 0 heterocycles. The van der Waals surface area contributed by atoms with E-state index in [9.17, 15) is 14.7 Å². The lowest BCUT2D eigenvalue weighted by atomic mass is 10.0. The Morgan fingerprint density at radius 2 is 1.52 bits per heavy atom. The maximum atomic E-state index is 11.6. The van der Waals surface area contributed by atoms with Crippen molar-refractivity contribution < 1.29 is 19.8 Å². The van der Waals surface area contributed by atoms with Gasteiger partial charge in [-0.15, -0.1) is 0 Å². The summed E-state index contributed by atoms with van der Waals surface area (Å²) in [5.74, 6) is -1.14. The average molecular weight is 348 g/mol. The lowest BCUT2D eigenvalue weighted by Crippen LogP contribution is -2.42. The minimum Gasteiger partial charge on any atom is -0.480 e.